The Kier molecular flexibility index (Phi) is 5.91. The van der Waals surface area contributed by atoms with Crippen LogP contribution in [0.25, 0.3) is 0 Å². The fraction of sp³-hybridized carbons (Fsp3) is 0.350. The van der Waals surface area contributed by atoms with Gasteiger partial charge in [-0.25, -0.2) is 4.79 Å². The topological polar surface area (TPSA) is 64.8 Å². The molecule has 0 radical (unpaired) electrons. The lowest BCUT2D eigenvalue weighted by Crippen LogP contribution is -2.33. The standard InChI is InChI=1S/C20H26N2O3/c1-20(2,3)25-19(23)22(4)13-16-12-17(21)10-11-18(16)24-14-15-8-6-5-7-9-15/h5-12H,13-14,21H2,1-4H3. The van der Waals surface area contributed by atoms with Crippen LogP contribution in [0.3, 0.4) is 0 Å². The van der Waals surface area contributed by atoms with Crippen molar-refractivity contribution in [2.75, 3.05) is 12.8 Å². The number of carbonyl (C=O) groups excluding carboxylic acids is 1. The summed E-state index contributed by atoms with van der Waals surface area (Å²) in [6.07, 6.45) is -0.385. The van der Waals surface area contributed by atoms with Gasteiger partial charge in [0.2, 0.25) is 0 Å². The van der Waals surface area contributed by atoms with E-state index in [-0.39, 0.29) is 6.09 Å². The van der Waals surface area contributed by atoms with Crippen molar-refractivity contribution in [3.63, 3.8) is 0 Å². The molecule has 0 spiro atoms. The second-order valence-corrected chi connectivity index (χ2v) is 6.98. The number of nitrogens with two attached hydrogens (primary N) is 1. The third kappa shape index (κ3) is 6.03. The molecular formula is C20H26N2O3. The van der Waals surface area contributed by atoms with E-state index < -0.39 is 5.60 Å². The number of hydrogen-bond acceptors (Lipinski definition) is 4. The first-order valence-electron chi connectivity index (χ1n) is 8.24. The number of anilines is 1. The van der Waals surface area contributed by atoms with E-state index in [9.17, 15) is 4.79 Å². The van der Waals surface area contributed by atoms with Gasteiger partial charge in [0.15, 0.2) is 0 Å². The van der Waals surface area contributed by atoms with Crippen molar-refractivity contribution in [3.05, 3.63) is 59.7 Å². The lowest BCUT2D eigenvalue weighted by atomic mass is 10.1. The predicted octanol–water partition coefficient (Wildman–Crippen LogP) is 4.21. The molecule has 25 heavy (non-hydrogen) atoms. The first-order chi connectivity index (χ1) is 11.7. The number of rotatable bonds is 5. The highest BCUT2D eigenvalue weighted by Gasteiger charge is 2.20. The van der Waals surface area contributed by atoms with Gasteiger partial charge < -0.3 is 20.1 Å². The van der Waals surface area contributed by atoms with Crippen LogP contribution in [0.4, 0.5) is 10.5 Å². The Bertz CT molecular complexity index is 709. The number of benzene rings is 2. The lowest BCUT2D eigenvalue weighted by Gasteiger charge is -2.25. The quantitative estimate of drug-likeness (QED) is 0.827. The van der Waals surface area contributed by atoms with Gasteiger partial charge in [0.05, 0.1) is 6.54 Å². The summed E-state index contributed by atoms with van der Waals surface area (Å²) in [4.78, 5) is 13.7. The molecule has 0 saturated heterocycles. The minimum Gasteiger partial charge on any atom is -0.489 e. The molecule has 0 unspecified atom stereocenters. The average Bonchev–Trinajstić information content (AvgIpc) is 2.53. The molecule has 0 atom stereocenters. The fourth-order valence-electron chi connectivity index (χ4n) is 2.26. The third-order valence-electron chi connectivity index (χ3n) is 3.43. The molecule has 0 saturated carbocycles. The van der Waals surface area contributed by atoms with Crippen LogP contribution in [-0.4, -0.2) is 23.6 Å². The van der Waals surface area contributed by atoms with Crippen LogP contribution in [0.5, 0.6) is 5.75 Å². The van der Waals surface area contributed by atoms with Gasteiger partial charge in [0.25, 0.3) is 0 Å². The van der Waals surface area contributed by atoms with Crippen LogP contribution in [0.1, 0.15) is 31.9 Å². The van der Waals surface area contributed by atoms with Crippen molar-refractivity contribution in [1.82, 2.24) is 4.90 Å². The Morgan fingerprint density at radius 3 is 2.44 bits per heavy atom. The molecule has 0 bridgehead atoms. The van der Waals surface area contributed by atoms with Gasteiger partial charge in [-0.05, 0) is 44.5 Å². The van der Waals surface area contributed by atoms with Crippen molar-refractivity contribution >= 4 is 11.8 Å². The molecule has 2 aromatic carbocycles. The summed E-state index contributed by atoms with van der Waals surface area (Å²) in [5, 5.41) is 0. The second-order valence-electron chi connectivity index (χ2n) is 6.98. The van der Waals surface area contributed by atoms with Gasteiger partial charge in [-0.15, -0.1) is 0 Å². The van der Waals surface area contributed by atoms with Crippen molar-refractivity contribution in [2.24, 2.45) is 0 Å². The molecule has 2 N–H and O–H groups in total. The minimum absolute atomic E-state index is 0.351. The molecule has 0 fully saturated rings. The summed E-state index contributed by atoms with van der Waals surface area (Å²) in [7, 11) is 1.69. The lowest BCUT2D eigenvalue weighted by molar-refractivity contribution is 0.0284. The van der Waals surface area contributed by atoms with E-state index in [0.717, 1.165) is 11.1 Å². The van der Waals surface area contributed by atoms with Crippen LogP contribution < -0.4 is 10.5 Å². The first-order valence-corrected chi connectivity index (χ1v) is 8.24. The Morgan fingerprint density at radius 1 is 1.12 bits per heavy atom. The Morgan fingerprint density at radius 2 is 1.80 bits per heavy atom. The predicted molar refractivity (Wildman–Crippen MR) is 99.3 cm³/mol. The molecule has 0 aliphatic heterocycles. The SMILES string of the molecule is CN(Cc1cc(N)ccc1OCc1ccccc1)C(=O)OC(C)(C)C. The van der Waals surface area contributed by atoms with Gasteiger partial charge >= 0.3 is 6.09 Å². The molecule has 5 nitrogen and oxygen atoms in total. The highest BCUT2D eigenvalue weighted by Crippen LogP contribution is 2.24. The van der Waals surface area contributed by atoms with Gasteiger partial charge in [0.1, 0.15) is 18.0 Å². The van der Waals surface area contributed by atoms with E-state index in [1.165, 1.54) is 4.90 Å². The van der Waals surface area contributed by atoms with Crippen molar-refractivity contribution in [3.8, 4) is 5.75 Å². The number of amides is 1. The van der Waals surface area contributed by atoms with Crippen LogP contribution in [0.2, 0.25) is 0 Å². The Labute approximate surface area is 149 Å². The normalized spacial score (nSPS) is 11.0. The highest BCUT2D eigenvalue weighted by atomic mass is 16.6. The third-order valence-corrected chi connectivity index (χ3v) is 3.43. The average molecular weight is 342 g/mol. The molecule has 0 heterocycles. The van der Waals surface area contributed by atoms with Crippen LogP contribution in [0, 0.1) is 0 Å². The molecule has 0 aromatic heterocycles. The van der Waals surface area contributed by atoms with Gasteiger partial charge in [-0.2, -0.15) is 0 Å². The number of hydrogen-bond donors (Lipinski definition) is 1. The van der Waals surface area contributed by atoms with E-state index in [1.54, 1.807) is 13.1 Å². The summed E-state index contributed by atoms with van der Waals surface area (Å²) in [5.74, 6) is 0.702. The smallest absolute Gasteiger partial charge is 0.410 e. The zero-order valence-corrected chi connectivity index (χ0v) is 15.3. The molecule has 0 aliphatic rings. The van der Waals surface area contributed by atoms with E-state index in [0.29, 0.717) is 24.6 Å². The maximum Gasteiger partial charge on any atom is 0.410 e. The van der Waals surface area contributed by atoms with Crippen molar-refractivity contribution in [2.45, 2.75) is 39.5 Å². The zero-order chi connectivity index (χ0) is 18.4. The van der Waals surface area contributed by atoms with Crippen LogP contribution >= 0.6 is 0 Å². The summed E-state index contributed by atoms with van der Waals surface area (Å²) in [6.45, 7) is 6.33. The van der Waals surface area contributed by atoms with Gasteiger partial charge in [0, 0.05) is 18.3 Å². The maximum absolute atomic E-state index is 12.2. The van der Waals surface area contributed by atoms with E-state index in [1.807, 2.05) is 63.2 Å². The minimum atomic E-state index is -0.534. The van der Waals surface area contributed by atoms with E-state index >= 15 is 0 Å². The van der Waals surface area contributed by atoms with Crippen LogP contribution in [0.15, 0.2) is 48.5 Å². The monoisotopic (exact) mass is 342 g/mol. The molecular weight excluding hydrogens is 316 g/mol. The molecule has 2 aromatic rings. The van der Waals surface area contributed by atoms with E-state index in [2.05, 4.69) is 0 Å². The van der Waals surface area contributed by atoms with Crippen molar-refractivity contribution in [1.29, 1.82) is 0 Å². The van der Waals surface area contributed by atoms with Gasteiger partial charge in [-0.3, -0.25) is 0 Å². The number of nitrogen functional groups attached to an aromatic ring is 1. The summed E-state index contributed by atoms with van der Waals surface area (Å²) < 4.78 is 11.3. The van der Waals surface area contributed by atoms with E-state index in [4.69, 9.17) is 15.2 Å². The maximum atomic E-state index is 12.2. The number of carbonyl (C=O) groups is 1. The summed E-state index contributed by atoms with van der Waals surface area (Å²) in [6, 6.07) is 15.4. The zero-order valence-electron chi connectivity index (χ0n) is 15.3. The van der Waals surface area contributed by atoms with Gasteiger partial charge in [-0.1, -0.05) is 30.3 Å². The van der Waals surface area contributed by atoms with Crippen LogP contribution in [-0.2, 0) is 17.9 Å². The fourth-order valence-corrected chi connectivity index (χ4v) is 2.26. The summed E-state index contributed by atoms with van der Waals surface area (Å²) >= 11 is 0. The Balaban J connectivity index is 2.08. The molecule has 1 amide bonds. The largest absolute Gasteiger partial charge is 0.489 e. The molecule has 2 rings (SSSR count). The summed E-state index contributed by atoms with van der Waals surface area (Å²) in [5.41, 5.74) is 7.90. The highest BCUT2D eigenvalue weighted by molar-refractivity contribution is 5.68. The Hall–Kier alpha value is -2.69. The molecule has 5 heteroatoms. The second kappa shape index (κ2) is 7.92. The van der Waals surface area contributed by atoms with Crippen molar-refractivity contribution < 1.29 is 14.3 Å². The molecule has 0 aliphatic carbocycles. The molecule has 134 valence electrons. The number of nitrogens with zero attached hydrogens (tertiary/aromatic N) is 1. The number of ether oxygens (including phenoxy) is 2. The first kappa shape index (κ1) is 18.6.